The maximum absolute atomic E-state index is 5.72. The minimum absolute atomic E-state index is 0.127. The van der Waals surface area contributed by atoms with E-state index < -0.39 is 0 Å². The molecule has 0 radical (unpaired) electrons. The molecular weight excluding hydrogens is 236 g/mol. The second-order valence-electron chi connectivity index (χ2n) is 4.63. The number of rotatable bonds is 3. The van der Waals surface area contributed by atoms with Gasteiger partial charge < -0.3 is 4.74 Å². The van der Waals surface area contributed by atoms with Gasteiger partial charge in [0.2, 0.25) is 0 Å². The summed E-state index contributed by atoms with van der Waals surface area (Å²) in [6.07, 6.45) is 8.76. The zero-order valence-corrected chi connectivity index (χ0v) is 11.8. The van der Waals surface area contributed by atoms with E-state index in [2.05, 4.69) is 61.7 Å². The summed E-state index contributed by atoms with van der Waals surface area (Å²) in [7, 11) is 1.82. The third-order valence-electron chi connectivity index (χ3n) is 3.60. The molecule has 1 heterocycles. The Balaban J connectivity index is 2.11. The van der Waals surface area contributed by atoms with Gasteiger partial charge in [0.25, 0.3) is 0 Å². The number of methoxy groups -OCH3 is 1. The van der Waals surface area contributed by atoms with Gasteiger partial charge in [0.15, 0.2) is 0 Å². The fourth-order valence-electron chi connectivity index (χ4n) is 2.48. The van der Waals surface area contributed by atoms with Crippen molar-refractivity contribution in [1.29, 1.82) is 0 Å². The van der Waals surface area contributed by atoms with Crippen LogP contribution in [0.15, 0.2) is 24.3 Å². The molecule has 90 valence electrons. The third kappa shape index (κ3) is 2.36. The molecule has 1 saturated heterocycles. The fourth-order valence-corrected chi connectivity index (χ4v) is 5.63. The maximum Gasteiger partial charge on any atom is 0.0899 e. The SMILES string of the molecule is COC1(C)C=CC=CC1C(C)C1SCCS1. The molecule has 0 amide bonds. The lowest BCUT2D eigenvalue weighted by Crippen LogP contribution is -2.40. The van der Waals surface area contributed by atoms with Crippen LogP contribution in [0.2, 0.25) is 0 Å². The highest BCUT2D eigenvalue weighted by Gasteiger charge is 2.39. The van der Waals surface area contributed by atoms with Gasteiger partial charge in [-0.25, -0.2) is 0 Å². The molecule has 2 aliphatic rings. The minimum atomic E-state index is -0.127. The van der Waals surface area contributed by atoms with Crippen LogP contribution >= 0.6 is 23.5 Å². The molecule has 0 aromatic rings. The molecular formula is C13H20OS2. The highest BCUT2D eigenvalue weighted by atomic mass is 32.2. The predicted octanol–water partition coefficient (Wildman–Crippen LogP) is 3.58. The van der Waals surface area contributed by atoms with Gasteiger partial charge in [0, 0.05) is 24.5 Å². The van der Waals surface area contributed by atoms with Crippen LogP contribution in [-0.4, -0.2) is 28.8 Å². The van der Waals surface area contributed by atoms with Crippen LogP contribution in [0, 0.1) is 11.8 Å². The van der Waals surface area contributed by atoms with Crippen molar-refractivity contribution in [2.45, 2.75) is 24.0 Å². The molecule has 2 rings (SSSR count). The summed E-state index contributed by atoms with van der Waals surface area (Å²) in [5.74, 6) is 3.75. The normalized spacial score (nSPS) is 36.8. The summed E-state index contributed by atoms with van der Waals surface area (Å²) >= 11 is 4.21. The van der Waals surface area contributed by atoms with E-state index in [9.17, 15) is 0 Å². The summed E-state index contributed by atoms with van der Waals surface area (Å²) < 4.78 is 6.45. The Hall–Kier alpha value is 0.140. The van der Waals surface area contributed by atoms with Crippen LogP contribution in [0.3, 0.4) is 0 Å². The largest absolute Gasteiger partial charge is 0.374 e. The van der Waals surface area contributed by atoms with Crippen LogP contribution in [0.5, 0.6) is 0 Å². The molecule has 0 N–H and O–H groups in total. The number of hydrogen-bond acceptors (Lipinski definition) is 3. The van der Waals surface area contributed by atoms with Gasteiger partial charge in [-0.05, 0) is 12.8 Å². The molecule has 3 unspecified atom stereocenters. The van der Waals surface area contributed by atoms with Crippen molar-refractivity contribution in [2.24, 2.45) is 11.8 Å². The molecule has 3 atom stereocenters. The first-order valence-corrected chi connectivity index (χ1v) is 7.91. The van der Waals surface area contributed by atoms with E-state index in [4.69, 9.17) is 4.74 Å². The van der Waals surface area contributed by atoms with Crippen molar-refractivity contribution in [2.75, 3.05) is 18.6 Å². The van der Waals surface area contributed by atoms with Crippen LogP contribution in [0.25, 0.3) is 0 Å². The quantitative estimate of drug-likeness (QED) is 0.764. The number of thioether (sulfide) groups is 2. The number of hydrogen-bond donors (Lipinski definition) is 0. The Bertz CT molecular complexity index is 294. The summed E-state index contributed by atoms with van der Waals surface area (Å²) in [4.78, 5) is 0. The lowest BCUT2D eigenvalue weighted by atomic mass is 9.78. The summed E-state index contributed by atoms with van der Waals surface area (Å²) in [6.45, 7) is 4.56. The number of ether oxygens (including phenoxy) is 1. The highest BCUT2D eigenvalue weighted by molar-refractivity contribution is 8.20. The van der Waals surface area contributed by atoms with Crippen molar-refractivity contribution in [3.05, 3.63) is 24.3 Å². The Morgan fingerprint density at radius 2 is 2.00 bits per heavy atom. The zero-order valence-electron chi connectivity index (χ0n) is 10.2. The summed E-state index contributed by atoms with van der Waals surface area (Å²) in [6, 6.07) is 0. The van der Waals surface area contributed by atoms with Crippen LogP contribution in [0.1, 0.15) is 13.8 Å². The Kier molecular flexibility index (Phi) is 4.09. The molecule has 1 fully saturated rings. The molecule has 3 heteroatoms. The maximum atomic E-state index is 5.72. The van der Waals surface area contributed by atoms with Crippen molar-refractivity contribution in [3.8, 4) is 0 Å². The van der Waals surface area contributed by atoms with Gasteiger partial charge in [0.05, 0.1) is 10.2 Å². The van der Waals surface area contributed by atoms with Crippen molar-refractivity contribution < 1.29 is 4.74 Å². The van der Waals surface area contributed by atoms with Crippen molar-refractivity contribution in [1.82, 2.24) is 0 Å². The van der Waals surface area contributed by atoms with E-state index >= 15 is 0 Å². The summed E-state index contributed by atoms with van der Waals surface area (Å²) in [5, 5.41) is 0. The van der Waals surface area contributed by atoms with Crippen LogP contribution < -0.4 is 0 Å². The van der Waals surface area contributed by atoms with E-state index in [0.29, 0.717) is 11.8 Å². The first kappa shape index (κ1) is 12.6. The minimum Gasteiger partial charge on any atom is -0.374 e. The van der Waals surface area contributed by atoms with Gasteiger partial charge in [-0.1, -0.05) is 31.2 Å². The summed E-state index contributed by atoms with van der Waals surface area (Å²) in [5.41, 5.74) is -0.127. The lowest BCUT2D eigenvalue weighted by Gasteiger charge is -2.39. The molecule has 0 saturated carbocycles. The first-order chi connectivity index (χ1) is 7.67. The number of allylic oxidation sites excluding steroid dienone is 2. The van der Waals surface area contributed by atoms with E-state index in [1.165, 1.54) is 11.5 Å². The van der Waals surface area contributed by atoms with E-state index in [-0.39, 0.29) is 5.60 Å². The predicted molar refractivity (Wildman–Crippen MR) is 75.1 cm³/mol. The molecule has 0 aromatic carbocycles. The zero-order chi connectivity index (χ0) is 11.6. The molecule has 0 spiro atoms. The molecule has 16 heavy (non-hydrogen) atoms. The van der Waals surface area contributed by atoms with Crippen molar-refractivity contribution >= 4 is 23.5 Å². The van der Waals surface area contributed by atoms with E-state index in [1.54, 1.807) is 0 Å². The van der Waals surface area contributed by atoms with Gasteiger partial charge in [-0.2, -0.15) is 0 Å². The topological polar surface area (TPSA) is 9.23 Å². The van der Waals surface area contributed by atoms with E-state index in [1.807, 2.05) is 7.11 Å². The lowest BCUT2D eigenvalue weighted by molar-refractivity contribution is -0.00243. The Morgan fingerprint density at radius 1 is 1.31 bits per heavy atom. The third-order valence-corrected chi connectivity index (χ3v) is 7.07. The second kappa shape index (κ2) is 5.19. The average Bonchev–Trinajstić information content (AvgIpc) is 2.82. The Labute approximate surface area is 107 Å². The van der Waals surface area contributed by atoms with Crippen LogP contribution in [0.4, 0.5) is 0 Å². The fraction of sp³-hybridized carbons (Fsp3) is 0.692. The molecule has 1 nitrogen and oxygen atoms in total. The van der Waals surface area contributed by atoms with Gasteiger partial charge >= 0.3 is 0 Å². The van der Waals surface area contributed by atoms with Gasteiger partial charge in [-0.15, -0.1) is 23.5 Å². The smallest absolute Gasteiger partial charge is 0.0899 e. The van der Waals surface area contributed by atoms with Gasteiger partial charge in [0.1, 0.15) is 0 Å². The average molecular weight is 256 g/mol. The highest BCUT2D eigenvalue weighted by Crippen LogP contribution is 2.44. The monoisotopic (exact) mass is 256 g/mol. The molecule has 0 aromatic heterocycles. The Morgan fingerprint density at radius 3 is 2.62 bits per heavy atom. The molecule has 1 aliphatic heterocycles. The van der Waals surface area contributed by atoms with Crippen LogP contribution in [-0.2, 0) is 4.74 Å². The first-order valence-electron chi connectivity index (χ1n) is 5.82. The second-order valence-corrected chi connectivity index (χ2v) is 7.42. The van der Waals surface area contributed by atoms with Gasteiger partial charge in [-0.3, -0.25) is 0 Å². The van der Waals surface area contributed by atoms with E-state index in [0.717, 1.165) is 4.58 Å². The molecule has 0 bridgehead atoms. The molecule has 1 aliphatic carbocycles. The van der Waals surface area contributed by atoms with Crippen molar-refractivity contribution in [3.63, 3.8) is 0 Å². The standard InChI is InChI=1S/C13H20OS2/c1-10(12-15-8-9-16-12)11-6-4-5-7-13(11,2)14-3/h4-7,10-12H,8-9H2,1-3H3.